The van der Waals surface area contributed by atoms with Gasteiger partial charge in [-0.1, -0.05) is 12.1 Å². The largest absolute Gasteiger partial charge is 0.398 e. The first-order chi connectivity index (χ1) is 9.40. The Morgan fingerprint density at radius 3 is 2.50 bits per heavy atom. The highest BCUT2D eigenvalue weighted by Gasteiger charge is 2.13. The molecule has 0 aliphatic carbocycles. The first kappa shape index (κ1) is 14.6. The summed E-state index contributed by atoms with van der Waals surface area (Å²) < 4.78 is 0.786. The van der Waals surface area contributed by atoms with Crippen LogP contribution in [0.25, 0.3) is 0 Å². The van der Waals surface area contributed by atoms with Crippen LogP contribution in [0.1, 0.15) is 27.0 Å². The van der Waals surface area contributed by atoms with E-state index in [1.54, 1.807) is 0 Å². The fraction of sp³-hybridized carbons (Fsp3) is 0.188. The van der Waals surface area contributed by atoms with E-state index in [4.69, 9.17) is 5.73 Å². The van der Waals surface area contributed by atoms with E-state index >= 15 is 0 Å². The molecule has 2 aromatic carbocycles. The topological polar surface area (TPSA) is 55.1 Å². The van der Waals surface area contributed by atoms with Crippen molar-refractivity contribution in [2.24, 2.45) is 0 Å². The van der Waals surface area contributed by atoms with Crippen LogP contribution >= 0.6 is 15.9 Å². The smallest absolute Gasteiger partial charge is 0.256 e. The molecule has 104 valence electrons. The molecule has 4 heteroatoms. The molecule has 0 fully saturated rings. The first-order valence-electron chi connectivity index (χ1n) is 6.33. The molecule has 2 rings (SSSR count). The second-order valence-electron chi connectivity index (χ2n) is 4.91. The molecule has 0 aliphatic heterocycles. The zero-order chi connectivity index (χ0) is 14.9. The minimum absolute atomic E-state index is 0.145. The molecular formula is C16H17BrN2O. The lowest BCUT2D eigenvalue weighted by molar-refractivity contribution is 0.102. The maximum absolute atomic E-state index is 12.4. The van der Waals surface area contributed by atoms with Crippen LogP contribution < -0.4 is 11.1 Å². The van der Waals surface area contributed by atoms with Crippen molar-refractivity contribution in [3.05, 3.63) is 57.1 Å². The number of nitrogens with two attached hydrogens (primary N) is 1. The van der Waals surface area contributed by atoms with Crippen LogP contribution in [0.2, 0.25) is 0 Å². The first-order valence-corrected chi connectivity index (χ1v) is 7.12. The van der Waals surface area contributed by atoms with Crippen LogP contribution in [-0.2, 0) is 0 Å². The van der Waals surface area contributed by atoms with Gasteiger partial charge in [0.1, 0.15) is 0 Å². The molecule has 0 atom stereocenters. The van der Waals surface area contributed by atoms with Gasteiger partial charge in [0.2, 0.25) is 0 Å². The number of aryl methyl sites for hydroxylation is 2. The molecule has 0 aliphatic rings. The van der Waals surface area contributed by atoms with E-state index in [9.17, 15) is 4.79 Å². The van der Waals surface area contributed by atoms with Gasteiger partial charge in [-0.25, -0.2) is 0 Å². The zero-order valence-electron chi connectivity index (χ0n) is 11.8. The highest BCUT2D eigenvalue weighted by molar-refractivity contribution is 9.10. The van der Waals surface area contributed by atoms with Gasteiger partial charge in [-0.15, -0.1) is 0 Å². The maximum atomic E-state index is 12.4. The predicted octanol–water partition coefficient (Wildman–Crippen LogP) is 4.21. The standard InChI is InChI=1S/C16H17BrN2O/c1-9-4-6-12(13(17)8-9)16(20)19-15-10(2)5-7-14(18)11(15)3/h4-8H,18H2,1-3H3,(H,19,20). The summed E-state index contributed by atoms with van der Waals surface area (Å²) >= 11 is 3.43. The van der Waals surface area contributed by atoms with E-state index in [-0.39, 0.29) is 5.91 Å². The SMILES string of the molecule is Cc1ccc(C(=O)Nc2c(C)ccc(N)c2C)c(Br)c1. The predicted molar refractivity (Wildman–Crippen MR) is 87.2 cm³/mol. The van der Waals surface area contributed by atoms with Crippen molar-refractivity contribution < 1.29 is 4.79 Å². The highest BCUT2D eigenvalue weighted by atomic mass is 79.9. The van der Waals surface area contributed by atoms with Gasteiger partial charge in [-0.3, -0.25) is 4.79 Å². The number of benzene rings is 2. The number of hydrogen-bond acceptors (Lipinski definition) is 2. The van der Waals surface area contributed by atoms with Gasteiger partial charge in [0.25, 0.3) is 5.91 Å². The van der Waals surface area contributed by atoms with Gasteiger partial charge >= 0.3 is 0 Å². The lowest BCUT2D eigenvalue weighted by atomic mass is 10.1. The Balaban J connectivity index is 2.35. The summed E-state index contributed by atoms with van der Waals surface area (Å²) in [5.74, 6) is -0.145. The molecule has 0 unspecified atom stereocenters. The molecule has 0 heterocycles. The van der Waals surface area contributed by atoms with Crippen LogP contribution in [-0.4, -0.2) is 5.91 Å². The van der Waals surface area contributed by atoms with Crippen LogP contribution in [0.3, 0.4) is 0 Å². The Labute approximate surface area is 127 Å². The molecule has 0 spiro atoms. The minimum Gasteiger partial charge on any atom is -0.398 e. The van der Waals surface area contributed by atoms with Crippen LogP contribution in [0.15, 0.2) is 34.8 Å². The quantitative estimate of drug-likeness (QED) is 0.809. The van der Waals surface area contributed by atoms with Crippen molar-refractivity contribution in [2.45, 2.75) is 20.8 Å². The van der Waals surface area contributed by atoms with E-state index in [1.165, 1.54) is 0 Å². The number of nitrogens with one attached hydrogen (secondary N) is 1. The number of carbonyl (C=O) groups excluding carboxylic acids is 1. The summed E-state index contributed by atoms with van der Waals surface area (Å²) in [6, 6.07) is 9.41. The molecule has 20 heavy (non-hydrogen) atoms. The molecular weight excluding hydrogens is 316 g/mol. The number of hydrogen-bond donors (Lipinski definition) is 2. The zero-order valence-corrected chi connectivity index (χ0v) is 13.3. The van der Waals surface area contributed by atoms with E-state index in [2.05, 4.69) is 21.2 Å². The Kier molecular flexibility index (Phi) is 4.14. The van der Waals surface area contributed by atoms with Crippen molar-refractivity contribution in [1.29, 1.82) is 0 Å². The van der Waals surface area contributed by atoms with E-state index in [0.29, 0.717) is 11.3 Å². The van der Waals surface area contributed by atoms with Crippen molar-refractivity contribution in [3.8, 4) is 0 Å². The van der Waals surface area contributed by atoms with Crippen molar-refractivity contribution in [1.82, 2.24) is 0 Å². The van der Waals surface area contributed by atoms with E-state index in [0.717, 1.165) is 26.9 Å². The third-order valence-electron chi connectivity index (χ3n) is 3.32. The summed E-state index contributed by atoms with van der Waals surface area (Å²) in [6.07, 6.45) is 0. The third kappa shape index (κ3) is 2.85. The van der Waals surface area contributed by atoms with Gasteiger partial charge in [0.15, 0.2) is 0 Å². The Morgan fingerprint density at radius 1 is 1.15 bits per heavy atom. The van der Waals surface area contributed by atoms with Crippen molar-refractivity contribution in [3.63, 3.8) is 0 Å². The maximum Gasteiger partial charge on any atom is 0.256 e. The second kappa shape index (κ2) is 5.67. The molecule has 3 N–H and O–H groups in total. The number of halogens is 1. The molecule has 0 saturated carbocycles. The van der Waals surface area contributed by atoms with Crippen LogP contribution in [0.4, 0.5) is 11.4 Å². The van der Waals surface area contributed by atoms with Crippen molar-refractivity contribution >= 4 is 33.2 Å². The summed E-state index contributed by atoms with van der Waals surface area (Å²) in [5.41, 5.74) is 10.9. The molecule has 3 nitrogen and oxygen atoms in total. The summed E-state index contributed by atoms with van der Waals surface area (Å²) in [7, 11) is 0. The van der Waals surface area contributed by atoms with E-state index < -0.39 is 0 Å². The highest BCUT2D eigenvalue weighted by Crippen LogP contribution is 2.27. The average Bonchev–Trinajstić information content (AvgIpc) is 2.39. The summed E-state index contributed by atoms with van der Waals surface area (Å²) in [6.45, 7) is 5.84. The fourth-order valence-corrected chi connectivity index (χ4v) is 2.71. The van der Waals surface area contributed by atoms with Gasteiger partial charge in [0, 0.05) is 15.8 Å². The molecule has 0 saturated heterocycles. The van der Waals surface area contributed by atoms with Gasteiger partial charge in [0.05, 0.1) is 5.56 Å². The average molecular weight is 333 g/mol. The minimum atomic E-state index is -0.145. The second-order valence-corrected chi connectivity index (χ2v) is 5.76. The molecule has 0 bridgehead atoms. The van der Waals surface area contributed by atoms with Gasteiger partial charge in [-0.2, -0.15) is 0 Å². The monoisotopic (exact) mass is 332 g/mol. The number of amides is 1. The van der Waals surface area contributed by atoms with Crippen molar-refractivity contribution in [2.75, 3.05) is 11.1 Å². The summed E-state index contributed by atoms with van der Waals surface area (Å²) in [5, 5.41) is 2.95. The van der Waals surface area contributed by atoms with Crippen LogP contribution in [0.5, 0.6) is 0 Å². The molecule has 1 amide bonds. The molecule has 2 aromatic rings. The number of carbonyl (C=O) groups is 1. The van der Waals surface area contributed by atoms with Gasteiger partial charge in [-0.05, 0) is 71.6 Å². The third-order valence-corrected chi connectivity index (χ3v) is 3.98. The number of nitrogen functional groups attached to an aromatic ring is 1. The lowest BCUT2D eigenvalue weighted by Crippen LogP contribution is -2.15. The lowest BCUT2D eigenvalue weighted by Gasteiger charge is -2.14. The molecule has 0 aromatic heterocycles. The Morgan fingerprint density at radius 2 is 1.85 bits per heavy atom. The Hall–Kier alpha value is -1.81. The fourth-order valence-electron chi connectivity index (χ4n) is 2.04. The van der Waals surface area contributed by atoms with E-state index in [1.807, 2.05) is 51.1 Å². The number of anilines is 2. The van der Waals surface area contributed by atoms with Crippen LogP contribution in [0, 0.1) is 20.8 Å². The normalized spacial score (nSPS) is 10.4. The number of rotatable bonds is 2. The Bertz CT molecular complexity index is 680. The molecule has 0 radical (unpaired) electrons. The summed E-state index contributed by atoms with van der Waals surface area (Å²) in [4.78, 5) is 12.4. The van der Waals surface area contributed by atoms with Gasteiger partial charge < -0.3 is 11.1 Å².